The van der Waals surface area contributed by atoms with Gasteiger partial charge in [0.25, 0.3) is 5.91 Å². The van der Waals surface area contributed by atoms with Crippen LogP contribution in [0.5, 0.6) is 0 Å². The molecule has 0 aliphatic carbocycles. The molecule has 3 nitrogen and oxygen atoms in total. The van der Waals surface area contributed by atoms with Crippen molar-refractivity contribution in [3.8, 4) is 0 Å². The van der Waals surface area contributed by atoms with E-state index in [-0.39, 0.29) is 5.91 Å². The molecule has 0 saturated carbocycles. The number of carbonyl (C=O) groups excluding carboxylic acids is 1. The molecule has 0 spiro atoms. The fraction of sp³-hybridized carbons (Fsp3) is 0.462. The summed E-state index contributed by atoms with van der Waals surface area (Å²) in [6, 6.07) is 5.32. The molecular weight excluding hydrogens is 270 g/mol. The second kappa shape index (κ2) is 5.95. The molecule has 0 aliphatic heterocycles. The molecule has 0 radical (unpaired) electrons. The van der Waals surface area contributed by atoms with Gasteiger partial charge in [0.2, 0.25) is 0 Å². The molecule has 0 saturated heterocycles. The summed E-state index contributed by atoms with van der Waals surface area (Å²) in [7, 11) is 0. The molecule has 0 aromatic heterocycles. The van der Waals surface area contributed by atoms with Crippen molar-refractivity contribution >= 4 is 29.3 Å². The number of hydrogen-bond donors (Lipinski definition) is 2. The molecule has 0 bridgehead atoms. The fourth-order valence-corrected chi connectivity index (χ4v) is 1.91. The van der Waals surface area contributed by atoms with Gasteiger partial charge in [-0.05, 0) is 45.2 Å². The summed E-state index contributed by atoms with van der Waals surface area (Å²) in [5.74, 6) is -0.276. The number of nitrogens with one attached hydrogen (secondary N) is 1. The van der Waals surface area contributed by atoms with Gasteiger partial charge < -0.3 is 10.4 Å². The van der Waals surface area contributed by atoms with E-state index < -0.39 is 11.6 Å². The molecule has 1 aromatic carbocycles. The highest BCUT2D eigenvalue weighted by atomic mass is 35.5. The third kappa shape index (κ3) is 3.64. The lowest BCUT2D eigenvalue weighted by atomic mass is 9.98. The van der Waals surface area contributed by atoms with Crippen molar-refractivity contribution in [2.75, 3.05) is 6.26 Å². The predicted molar refractivity (Wildman–Crippen MR) is 76.5 cm³/mol. The van der Waals surface area contributed by atoms with E-state index in [2.05, 4.69) is 5.32 Å². The summed E-state index contributed by atoms with van der Waals surface area (Å²) < 4.78 is 0. The third-order valence-corrected chi connectivity index (χ3v) is 3.95. The van der Waals surface area contributed by atoms with Crippen molar-refractivity contribution < 1.29 is 9.90 Å². The van der Waals surface area contributed by atoms with Crippen LogP contribution in [0.15, 0.2) is 23.1 Å². The van der Waals surface area contributed by atoms with Crippen LogP contribution in [-0.4, -0.2) is 28.9 Å². The van der Waals surface area contributed by atoms with Crippen LogP contribution in [0.25, 0.3) is 0 Å². The Morgan fingerprint density at radius 1 is 1.50 bits per heavy atom. The van der Waals surface area contributed by atoms with Crippen molar-refractivity contribution in [2.45, 2.75) is 37.3 Å². The van der Waals surface area contributed by atoms with E-state index in [0.717, 1.165) is 4.90 Å². The molecule has 1 amide bonds. The molecule has 1 rings (SSSR count). The standard InChI is InChI=1S/C13H18ClNO2S/c1-8(16)13(2,3)15-12(17)10-7-9(18-4)5-6-11(10)14/h5-8,16H,1-4H3,(H,15,17). The number of thioether (sulfide) groups is 1. The number of amides is 1. The van der Waals surface area contributed by atoms with Gasteiger partial charge >= 0.3 is 0 Å². The highest BCUT2D eigenvalue weighted by molar-refractivity contribution is 7.98. The lowest BCUT2D eigenvalue weighted by Gasteiger charge is -2.29. The molecular formula is C13H18ClNO2S. The Hall–Kier alpha value is -0.710. The van der Waals surface area contributed by atoms with E-state index in [0.29, 0.717) is 10.6 Å². The van der Waals surface area contributed by atoms with Crippen molar-refractivity contribution in [1.29, 1.82) is 0 Å². The summed E-state index contributed by atoms with van der Waals surface area (Å²) in [6.45, 7) is 5.17. The van der Waals surface area contributed by atoms with Crippen LogP contribution in [-0.2, 0) is 0 Å². The van der Waals surface area contributed by atoms with E-state index in [1.165, 1.54) is 0 Å². The van der Waals surface area contributed by atoms with Crippen molar-refractivity contribution in [3.63, 3.8) is 0 Å². The Kier molecular flexibility index (Phi) is 5.08. The van der Waals surface area contributed by atoms with E-state index in [4.69, 9.17) is 11.6 Å². The maximum Gasteiger partial charge on any atom is 0.253 e. The molecule has 100 valence electrons. The second-order valence-corrected chi connectivity index (χ2v) is 5.98. The number of aliphatic hydroxyl groups excluding tert-OH is 1. The molecule has 1 unspecified atom stereocenters. The van der Waals surface area contributed by atoms with E-state index >= 15 is 0 Å². The average Bonchev–Trinajstić information content (AvgIpc) is 2.28. The van der Waals surface area contributed by atoms with Crippen LogP contribution in [0, 0.1) is 0 Å². The van der Waals surface area contributed by atoms with Gasteiger partial charge in [-0.25, -0.2) is 0 Å². The molecule has 2 N–H and O–H groups in total. The van der Waals surface area contributed by atoms with Crippen LogP contribution in [0.3, 0.4) is 0 Å². The van der Waals surface area contributed by atoms with Crippen LogP contribution in [0.1, 0.15) is 31.1 Å². The van der Waals surface area contributed by atoms with Crippen molar-refractivity contribution in [1.82, 2.24) is 5.32 Å². The number of benzene rings is 1. The zero-order chi connectivity index (χ0) is 13.9. The zero-order valence-corrected chi connectivity index (χ0v) is 12.5. The minimum atomic E-state index is -0.699. The van der Waals surface area contributed by atoms with Crippen LogP contribution in [0.2, 0.25) is 5.02 Å². The second-order valence-electron chi connectivity index (χ2n) is 4.70. The third-order valence-electron chi connectivity index (χ3n) is 2.90. The minimum absolute atomic E-state index is 0.276. The molecule has 18 heavy (non-hydrogen) atoms. The summed E-state index contributed by atoms with van der Waals surface area (Å²) in [6.07, 6.45) is 1.29. The van der Waals surface area contributed by atoms with Crippen molar-refractivity contribution in [2.24, 2.45) is 0 Å². The fourth-order valence-electron chi connectivity index (χ4n) is 1.27. The van der Waals surface area contributed by atoms with Gasteiger partial charge in [-0.2, -0.15) is 0 Å². The summed E-state index contributed by atoms with van der Waals surface area (Å²) >= 11 is 7.57. The Morgan fingerprint density at radius 3 is 2.61 bits per heavy atom. The average molecular weight is 288 g/mol. The van der Waals surface area contributed by atoms with Crippen LogP contribution >= 0.6 is 23.4 Å². The predicted octanol–water partition coefficient (Wildman–Crippen LogP) is 2.95. The van der Waals surface area contributed by atoms with Crippen LogP contribution in [0.4, 0.5) is 0 Å². The SMILES string of the molecule is CSc1ccc(Cl)c(C(=O)NC(C)(C)C(C)O)c1. The molecule has 5 heteroatoms. The number of hydrogen-bond acceptors (Lipinski definition) is 3. The van der Waals surface area contributed by atoms with E-state index in [1.807, 2.05) is 12.3 Å². The monoisotopic (exact) mass is 287 g/mol. The first kappa shape index (κ1) is 15.3. The van der Waals surface area contributed by atoms with Crippen LogP contribution < -0.4 is 5.32 Å². The smallest absolute Gasteiger partial charge is 0.253 e. The lowest BCUT2D eigenvalue weighted by Crippen LogP contribution is -2.51. The van der Waals surface area contributed by atoms with Crippen molar-refractivity contribution in [3.05, 3.63) is 28.8 Å². The summed E-state index contributed by atoms with van der Waals surface area (Å²) in [4.78, 5) is 13.1. The molecule has 1 atom stereocenters. The number of aliphatic hydroxyl groups is 1. The minimum Gasteiger partial charge on any atom is -0.391 e. The van der Waals surface area contributed by atoms with E-state index in [9.17, 15) is 9.90 Å². The Balaban J connectivity index is 2.97. The first-order valence-electron chi connectivity index (χ1n) is 5.62. The van der Waals surface area contributed by atoms with Gasteiger partial charge in [-0.15, -0.1) is 11.8 Å². The highest BCUT2D eigenvalue weighted by Crippen LogP contribution is 2.23. The van der Waals surface area contributed by atoms with Gasteiger partial charge in [0, 0.05) is 4.90 Å². The first-order chi connectivity index (χ1) is 8.27. The highest BCUT2D eigenvalue weighted by Gasteiger charge is 2.27. The lowest BCUT2D eigenvalue weighted by molar-refractivity contribution is 0.0709. The topological polar surface area (TPSA) is 49.3 Å². The molecule has 0 heterocycles. The summed E-state index contributed by atoms with van der Waals surface area (Å²) in [5.41, 5.74) is -0.271. The van der Waals surface area contributed by atoms with E-state index in [1.54, 1.807) is 44.7 Å². The largest absolute Gasteiger partial charge is 0.391 e. The normalized spacial score (nSPS) is 13.2. The number of halogens is 1. The maximum absolute atomic E-state index is 12.1. The van der Waals surface area contributed by atoms with Gasteiger partial charge in [-0.3, -0.25) is 4.79 Å². The molecule has 0 fully saturated rings. The van der Waals surface area contributed by atoms with Gasteiger partial charge in [0.05, 0.1) is 22.2 Å². The molecule has 1 aromatic rings. The quantitative estimate of drug-likeness (QED) is 0.837. The Bertz CT molecular complexity index is 447. The van der Waals surface area contributed by atoms with Gasteiger partial charge in [0.15, 0.2) is 0 Å². The maximum atomic E-state index is 12.1. The van der Waals surface area contributed by atoms with Gasteiger partial charge in [0.1, 0.15) is 0 Å². The number of rotatable bonds is 4. The number of carbonyl (C=O) groups is 1. The van der Waals surface area contributed by atoms with Gasteiger partial charge in [-0.1, -0.05) is 11.6 Å². The zero-order valence-electron chi connectivity index (χ0n) is 11.0. The Morgan fingerprint density at radius 2 is 2.11 bits per heavy atom. The molecule has 0 aliphatic rings. The summed E-state index contributed by atoms with van der Waals surface area (Å²) in [5, 5.41) is 12.8. The Labute approximate surface area is 117 Å². The first-order valence-corrected chi connectivity index (χ1v) is 7.22.